The second-order valence-electron chi connectivity index (χ2n) is 7.23. The van der Waals surface area contributed by atoms with Gasteiger partial charge in [-0.2, -0.15) is 0 Å². The number of benzene rings is 2. The Hall–Kier alpha value is -3.41. The van der Waals surface area contributed by atoms with Crippen molar-refractivity contribution in [2.75, 3.05) is 29.2 Å². The van der Waals surface area contributed by atoms with E-state index in [2.05, 4.69) is 28.5 Å². The van der Waals surface area contributed by atoms with Gasteiger partial charge in [0.15, 0.2) is 11.5 Å². The van der Waals surface area contributed by atoms with Gasteiger partial charge in [-0.25, -0.2) is 0 Å². The molecule has 2 aromatic carbocycles. The fraction of sp³-hybridized carbons (Fsp3) is 0.227. The number of nitrogens with one attached hydrogen (secondary N) is 1. The van der Waals surface area contributed by atoms with E-state index in [9.17, 15) is 4.79 Å². The smallest absolute Gasteiger partial charge is 0.279 e. The Kier molecular flexibility index (Phi) is 4.69. The summed E-state index contributed by atoms with van der Waals surface area (Å²) in [4.78, 5) is 16.8. The zero-order valence-electron chi connectivity index (χ0n) is 16.3. The van der Waals surface area contributed by atoms with E-state index in [1.54, 1.807) is 12.1 Å². The highest BCUT2D eigenvalue weighted by atomic mass is 16.2. The molecule has 0 fully saturated rings. The number of amides is 1. The molecule has 6 heteroatoms. The number of anilines is 4. The fourth-order valence-electron chi connectivity index (χ4n) is 3.50. The summed E-state index contributed by atoms with van der Waals surface area (Å²) in [5.74, 6) is 0.482. The molecule has 1 atom stereocenters. The molecule has 1 aliphatic rings. The van der Waals surface area contributed by atoms with Crippen LogP contribution in [0.25, 0.3) is 0 Å². The van der Waals surface area contributed by atoms with Gasteiger partial charge in [0.2, 0.25) is 0 Å². The first-order valence-electron chi connectivity index (χ1n) is 9.32. The van der Waals surface area contributed by atoms with Gasteiger partial charge in [-0.05, 0) is 61.4 Å². The molecule has 142 valence electrons. The molecule has 1 N–H and O–H groups in total. The zero-order valence-corrected chi connectivity index (χ0v) is 16.3. The second kappa shape index (κ2) is 7.31. The number of nitrogens with zero attached hydrogens (tertiary/aromatic N) is 4. The maximum Gasteiger partial charge on any atom is 0.279 e. The number of para-hydroxylation sites is 1. The molecule has 6 nitrogen and oxygen atoms in total. The summed E-state index contributed by atoms with van der Waals surface area (Å²) in [6.45, 7) is 2.05. The van der Waals surface area contributed by atoms with Gasteiger partial charge in [0.25, 0.3) is 5.91 Å². The van der Waals surface area contributed by atoms with Crippen LogP contribution in [0.1, 0.15) is 23.0 Å². The van der Waals surface area contributed by atoms with Crippen molar-refractivity contribution >= 4 is 28.8 Å². The molecular weight excluding hydrogens is 350 g/mol. The van der Waals surface area contributed by atoms with Crippen LogP contribution in [0.15, 0.2) is 60.7 Å². The van der Waals surface area contributed by atoms with Crippen LogP contribution >= 0.6 is 0 Å². The zero-order chi connectivity index (χ0) is 19.7. The fourth-order valence-corrected chi connectivity index (χ4v) is 3.50. The Labute approximate surface area is 164 Å². The molecule has 4 rings (SSSR count). The molecule has 0 radical (unpaired) electrons. The maximum absolute atomic E-state index is 13.0. The lowest BCUT2D eigenvalue weighted by Gasteiger charge is -2.22. The van der Waals surface area contributed by atoms with Gasteiger partial charge in [0.05, 0.1) is 0 Å². The molecule has 0 saturated carbocycles. The molecule has 0 bridgehead atoms. The van der Waals surface area contributed by atoms with E-state index in [4.69, 9.17) is 0 Å². The summed E-state index contributed by atoms with van der Waals surface area (Å²) in [5, 5.41) is 11.6. The van der Waals surface area contributed by atoms with E-state index in [0.717, 1.165) is 23.5 Å². The molecule has 0 aliphatic carbocycles. The molecular formula is C22H23N5O. The standard InChI is InChI=1S/C22H23N5O/c1-15-14-16-6-4-5-7-20(16)27(15)22(28)19-12-13-21(25-24-19)23-17-8-10-18(11-9-17)26(2)3/h4-13,15H,14H2,1-3H3,(H,23,25). The highest BCUT2D eigenvalue weighted by Crippen LogP contribution is 2.32. The lowest BCUT2D eigenvalue weighted by atomic mass is 10.1. The van der Waals surface area contributed by atoms with Crippen molar-refractivity contribution in [2.45, 2.75) is 19.4 Å². The molecule has 1 amide bonds. The maximum atomic E-state index is 13.0. The van der Waals surface area contributed by atoms with Gasteiger partial charge in [-0.3, -0.25) is 4.79 Å². The van der Waals surface area contributed by atoms with Crippen LogP contribution in [-0.2, 0) is 6.42 Å². The Morgan fingerprint density at radius 1 is 1.04 bits per heavy atom. The van der Waals surface area contributed by atoms with Crippen LogP contribution in [0.4, 0.5) is 22.9 Å². The lowest BCUT2D eigenvalue weighted by Crippen LogP contribution is -2.36. The molecule has 2 heterocycles. The van der Waals surface area contributed by atoms with E-state index >= 15 is 0 Å². The third kappa shape index (κ3) is 3.41. The van der Waals surface area contributed by atoms with E-state index in [1.165, 1.54) is 5.56 Å². The minimum absolute atomic E-state index is 0.111. The number of aromatic nitrogens is 2. The van der Waals surface area contributed by atoms with Crippen molar-refractivity contribution in [3.8, 4) is 0 Å². The average molecular weight is 373 g/mol. The third-order valence-corrected chi connectivity index (χ3v) is 4.97. The molecule has 28 heavy (non-hydrogen) atoms. The summed E-state index contributed by atoms with van der Waals surface area (Å²) in [5.41, 5.74) is 4.54. The Bertz CT molecular complexity index is 983. The average Bonchev–Trinajstić information content (AvgIpc) is 3.04. The van der Waals surface area contributed by atoms with Crippen molar-refractivity contribution < 1.29 is 4.79 Å². The van der Waals surface area contributed by atoms with Crippen molar-refractivity contribution in [1.29, 1.82) is 0 Å². The first kappa shape index (κ1) is 18.0. The molecule has 1 aliphatic heterocycles. The lowest BCUT2D eigenvalue weighted by molar-refractivity contribution is 0.0975. The summed E-state index contributed by atoms with van der Waals surface area (Å²) in [6.07, 6.45) is 0.859. The molecule has 0 spiro atoms. The van der Waals surface area contributed by atoms with Crippen LogP contribution in [0.3, 0.4) is 0 Å². The van der Waals surface area contributed by atoms with Gasteiger partial charge >= 0.3 is 0 Å². The van der Waals surface area contributed by atoms with Gasteiger partial charge in [0.1, 0.15) is 0 Å². The molecule has 3 aromatic rings. The second-order valence-corrected chi connectivity index (χ2v) is 7.23. The number of carbonyl (C=O) groups is 1. The number of hydrogen-bond donors (Lipinski definition) is 1. The van der Waals surface area contributed by atoms with Gasteiger partial charge in [-0.1, -0.05) is 18.2 Å². The highest BCUT2D eigenvalue weighted by Gasteiger charge is 2.31. The Morgan fingerprint density at radius 3 is 2.46 bits per heavy atom. The summed E-state index contributed by atoms with van der Waals surface area (Å²) in [7, 11) is 4.01. The van der Waals surface area contributed by atoms with Crippen LogP contribution in [-0.4, -0.2) is 36.2 Å². The summed E-state index contributed by atoms with van der Waals surface area (Å²) in [6, 6.07) is 19.7. The topological polar surface area (TPSA) is 61.4 Å². The van der Waals surface area contributed by atoms with Crippen molar-refractivity contribution in [3.05, 3.63) is 71.9 Å². The molecule has 0 saturated heterocycles. The van der Waals surface area contributed by atoms with Crippen molar-refractivity contribution in [1.82, 2.24) is 10.2 Å². The summed E-state index contributed by atoms with van der Waals surface area (Å²) < 4.78 is 0. The van der Waals surface area contributed by atoms with Crippen LogP contribution in [0.5, 0.6) is 0 Å². The first-order valence-corrected chi connectivity index (χ1v) is 9.32. The number of hydrogen-bond acceptors (Lipinski definition) is 5. The number of fused-ring (bicyclic) bond motifs is 1. The minimum atomic E-state index is -0.119. The number of carbonyl (C=O) groups excluding carboxylic acids is 1. The van der Waals surface area contributed by atoms with Crippen LogP contribution in [0.2, 0.25) is 0 Å². The van der Waals surface area contributed by atoms with Gasteiger partial charge in [0, 0.05) is 37.2 Å². The first-order chi connectivity index (χ1) is 13.5. The normalized spacial score (nSPS) is 15.2. The highest BCUT2D eigenvalue weighted by molar-refractivity contribution is 6.06. The van der Waals surface area contributed by atoms with E-state index in [-0.39, 0.29) is 11.9 Å². The Morgan fingerprint density at radius 2 is 1.79 bits per heavy atom. The summed E-state index contributed by atoms with van der Waals surface area (Å²) >= 11 is 0. The van der Waals surface area contributed by atoms with Gasteiger partial charge < -0.3 is 15.1 Å². The van der Waals surface area contributed by atoms with Crippen molar-refractivity contribution in [2.24, 2.45) is 0 Å². The monoisotopic (exact) mass is 373 g/mol. The van der Waals surface area contributed by atoms with E-state index < -0.39 is 0 Å². The minimum Gasteiger partial charge on any atom is -0.378 e. The quantitative estimate of drug-likeness (QED) is 0.752. The van der Waals surface area contributed by atoms with E-state index in [0.29, 0.717) is 11.5 Å². The van der Waals surface area contributed by atoms with E-state index in [1.807, 2.05) is 66.4 Å². The largest absolute Gasteiger partial charge is 0.378 e. The number of rotatable bonds is 4. The molecule has 1 aromatic heterocycles. The van der Waals surface area contributed by atoms with Gasteiger partial charge in [-0.15, -0.1) is 10.2 Å². The third-order valence-electron chi connectivity index (χ3n) is 4.97. The molecule has 1 unspecified atom stereocenters. The van der Waals surface area contributed by atoms with Crippen LogP contribution in [0, 0.1) is 0 Å². The van der Waals surface area contributed by atoms with Crippen molar-refractivity contribution in [3.63, 3.8) is 0 Å². The SMILES string of the molecule is CC1Cc2ccccc2N1C(=O)c1ccc(Nc2ccc(N(C)C)cc2)nn1. The van der Waals surface area contributed by atoms with Crippen LogP contribution < -0.4 is 15.1 Å². The Balaban J connectivity index is 1.49. The predicted octanol–water partition coefficient (Wildman–Crippen LogP) is 3.88. The predicted molar refractivity (Wildman–Crippen MR) is 113 cm³/mol.